The number of nitrogens with one attached hydrogen (secondary N) is 1. The highest BCUT2D eigenvalue weighted by atomic mass is 32.2. The zero-order valence-corrected chi connectivity index (χ0v) is 19.0. The van der Waals surface area contributed by atoms with Gasteiger partial charge in [0.1, 0.15) is 11.6 Å². The number of pyridine rings is 2. The van der Waals surface area contributed by atoms with Crippen LogP contribution in [-0.2, 0) is 5.54 Å². The van der Waals surface area contributed by atoms with E-state index in [9.17, 15) is 9.50 Å². The Morgan fingerprint density at radius 3 is 2.73 bits per heavy atom. The van der Waals surface area contributed by atoms with E-state index in [2.05, 4.69) is 20.3 Å². The molecule has 10 heteroatoms. The molecule has 1 aliphatic heterocycles. The summed E-state index contributed by atoms with van der Waals surface area (Å²) in [5.74, 6) is -2.13. The van der Waals surface area contributed by atoms with Gasteiger partial charge in [-0.05, 0) is 32.0 Å². The third-order valence-electron chi connectivity index (χ3n) is 6.32. The average Bonchev–Trinajstić information content (AvgIpc) is 2.79. The van der Waals surface area contributed by atoms with Crippen molar-refractivity contribution in [3.05, 3.63) is 59.4 Å². The predicted molar refractivity (Wildman–Crippen MR) is 125 cm³/mol. The minimum Gasteiger partial charge on any atom is -0.395 e. The fourth-order valence-corrected chi connectivity index (χ4v) is 5.30. The van der Waals surface area contributed by atoms with Gasteiger partial charge in [-0.3, -0.25) is 9.98 Å². The van der Waals surface area contributed by atoms with Gasteiger partial charge >= 0.3 is 0 Å². The van der Waals surface area contributed by atoms with Crippen molar-refractivity contribution in [1.29, 1.82) is 5.26 Å². The van der Waals surface area contributed by atoms with Crippen molar-refractivity contribution in [3.63, 3.8) is 0 Å². The molecule has 0 saturated heterocycles. The Balaban J connectivity index is 1.82. The molecule has 0 fully saturated rings. The van der Waals surface area contributed by atoms with Crippen LogP contribution in [0, 0.1) is 28.9 Å². The normalized spacial score (nSPS) is 24.9. The number of benzene rings is 1. The molecule has 7 nitrogen and oxygen atoms in total. The first-order valence-corrected chi connectivity index (χ1v) is 11.0. The average molecular weight is 469 g/mol. The maximum absolute atomic E-state index is 15.1. The van der Waals surface area contributed by atoms with Gasteiger partial charge in [0, 0.05) is 45.8 Å². The largest absolute Gasteiger partial charge is 0.395 e. The van der Waals surface area contributed by atoms with E-state index in [4.69, 9.17) is 11.0 Å². The SMILES string of the molecule is C[C@@H]1[C@@](C)(CO)SC(N)=N[C@]1(C)c1cc(Nc2nccc3cc(C#N)cnc23)cc(F)c1F. The highest BCUT2D eigenvalue weighted by Gasteiger charge is 2.50. The van der Waals surface area contributed by atoms with Gasteiger partial charge in [-0.25, -0.2) is 13.8 Å². The first-order valence-electron chi connectivity index (χ1n) is 10.2. The summed E-state index contributed by atoms with van der Waals surface area (Å²) in [7, 11) is 0. The van der Waals surface area contributed by atoms with E-state index in [1.54, 1.807) is 19.1 Å². The summed E-state index contributed by atoms with van der Waals surface area (Å²) in [4.78, 5) is 13.0. The van der Waals surface area contributed by atoms with Crippen LogP contribution >= 0.6 is 11.8 Å². The number of nitrogens with zero attached hydrogens (tertiary/aromatic N) is 4. The Morgan fingerprint density at radius 1 is 1.27 bits per heavy atom. The van der Waals surface area contributed by atoms with Crippen molar-refractivity contribution in [2.45, 2.75) is 31.1 Å². The zero-order valence-electron chi connectivity index (χ0n) is 18.2. The molecule has 0 bridgehead atoms. The van der Waals surface area contributed by atoms with Crippen LogP contribution in [0.2, 0.25) is 0 Å². The van der Waals surface area contributed by atoms with Crippen molar-refractivity contribution in [3.8, 4) is 6.07 Å². The van der Waals surface area contributed by atoms with Crippen LogP contribution in [0.5, 0.6) is 0 Å². The molecule has 170 valence electrons. The topological polar surface area (TPSA) is 120 Å². The van der Waals surface area contributed by atoms with Gasteiger partial charge in [0.2, 0.25) is 0 Å². The standard InChI is InChI=1S/C23H22F2N6OS/c1-12-22(2,11-32)33-21(27)31-23(12,3)16-7-15(8-17(24)18(16)25)30-20-19-14(4-5-28-20)6-13(9-26)10-29-19/h4-8,10,12,32H,11H2,1-3H3,(H2,27,31)(H,28,30)/t12-,22-,23+/m1/s1. The number of hydrogen-bond acceptors (Lipinski definition) is 8. The maximum Gasteiger partial charge on any atom is 0.164 e. The number of thioether (sulfide) groups is 1. The fraction of sp³-hybridized carbons (Fsp3) is 0.304. The van der Waals surface area contributed by atoms with Crippen LogP contribution in [0.3, 0.4) is 0 Å². The summed E-state index contributed by atoms with van der Waals surface area (Å²) in [6.45, 7) is 5.13. The number of halogens is 2. The van der Waals surface area contributed by atoms with Crippen LogP contribution in [0.1, 0.15) is 31.9 Å². The molecule has 4 rings (SSSR count). The Kier molecular flexibility index (Phi) is 5.72. The van der Waals surface area contributed by atoms with E-state index in [1.807, 2.05) is 19.9 Å². The highest BCUT2D eigenvalue weighted by Crippen LogP contribution is 2.50. The van der Waals surface area contributed by atoms with E-state index >= 15 is 4.39 Å². The first kappa shape index (κ1) is 22.9. The van der Waals surface area contributed by atoms with Gasteiger partial charge in [0.25, 0.3) is 0 Å². The van der Waals surface area contributed by atoms with Crippen molar-refractivity contribution >= 4 is 39.3 Å². The summed E-state index contributed by atoms with van der Waals surface area (Å²) < 4.78 is 29.1. The molecule has 3 atom stereocenters. The Morgan fingerprint density at radius 2 is 2.03 bits per heavy atom. The number of nitrogens with two attached hydrogens (primary N) is 1. The molecule has 0 aliphatic carbocycles. The molecule has 4 N–H and O–H groups in total. The second-order valence-electron chi connectivity index (χ2n) is 8.40. The number of fused-ring (bicyclic) bond motifs is 1. The summed E-state index contributed by atoms with van der Waals surface area (Å²) >= 11 is 1.22. The molecule has 1 aliphatic rings. The molecule has 3 heterocycles. The molecule has 0 unspecified atom stereocenters. The predicted octanol–water partition coefficient (Wildman–Crippen LogP) is 4.19. The molecular weight excluding hydrogens is 446 g/mol. The summed E-state index contributed by atoms with van der Waals surface area (Å²) in [5, 5.41) is 23.0. The van der Waals surface area contributed by atoms with E-state index in [1.165, 1.54) is 30.2 Å². The minimum atomic E-state index is -1.22. The molecule has 33 heavy (non-hydrogen) atoms. The monoisotopic (exact) mass is 468 g/mol. The number of hydrogen-bond donors (Lipinski definition) is 3. The highest BCUT2D eigenvalue weighted by molar-refractivity contribution is 8.15. The molecule has 1 aromatic carbocycles. The van der Waals surface area contributed by atoms with Crippen LogP contribution in [0.4, 0.5) is 20.3 Å². The van der Waals surface area contributed by atoms with Crippen LogP contribution in [0.25, 0.3) is 10.9 Å². The van der Waals surface area contributed by atoms with Crippen LogP contribution in [0.15, 0.2) is 41.7 Å². The Bertz CT molecular complexity index is 1330. The molecule has 2 aromatic heterocycles. The lowest BCUT2D eigenvalue weighted by atomic mass is 9.74. The maximum atomic E-state index is 15.1. The molecule has 0 radical (unpaired) electrons. The van der Waals surface area contributed by atoms with Crippen molar-refractivity contribution in [2.75, 3.05) is 11.9 Å². The van der Waals surface area contributed by atoms with Crippen molar-refractivity contribution in [2.24, 2.45) is 16.6 Å². The second-order valence-corrected chi connectivity index (χ2v) is 9.96. The van der Waals surface area contributed by atoms with Crippen LogP contribution < -0.4 is 11.1 Å². The summed E-state index contributed by atoms with van der Waals surface area (Å²) in [5.41, 5.74) is 5.95. The van der Waals surface area contributed by atoms with Gasteiger partial charge < -0.3 is 16.2 Å². The van der Waals surface area contributed by atoms with Gasteiger partial charge in [-0.15, -0.1) is 0 Å². The number of amidine groups is 1. The van der Waals surface area contributed by atoms with E-state index in [-0.39, 0.29) is 28.9 Å². The molecule has 3 aromatic rings. The van der Waals surface area contributed by atoms with Crippen molar-refractivity contribution in [1.82, 2.24) is 9.97 Å². The lowest BCUT2D eigenvalue weighted by Gasteiger charge is -2.46. The van der Waals surface area contributed by atoms with E-state index in [0.717, 1.165) is 6.07 Å². The number of aliphatic imine (C=N–C) groups is 1. The number of nitriles is 1. The number of aliphatic hydroxyl groups is 1. The van der Waals surface area contributed by atoms with E-state index < -0.39 is 21.9 Å². The Labute approximate surface area is 193 Å². The summed E-state index contributed by atoms with van der Waals surface area (Å²) in [6.07, 6.45) is 2.95. The summed E-state index contributed by atoms with van der Waals surface area (Å²) in [6, 6.07) is 7.92. The van der Waals surface area contributed by atoms with Crippen molar-refractivity contribution < 1.29 is 13.9 Å². The molecule has 0 saturated carbocycles. The fourth-order valence-electron chi connectivity index (χ4n) is 4.11. The van der Waals surface area contributed by atoms with E-state index in [0.29, 0.717) is 22.3 Å². The molecular formula is C23H22F2N6OS. The molecule has 0 amide bonds. The number of aromatic nitrogens is 2. The molecule has 0 spiro atoms. The second kappa shape index (κ2) is 8.24. The van der Waals surface area contributed by atoms with Gasteiger partial charge in [-0.2, -0.15) is 5.26 Å². The Hall–Kier alpha value is -3.29. The number of rotatable bonds is 4. The first-order chi connectivity index (χ1) is 15.6. The lowest BCUT2D eigenvalue weighted by molar-refractivity contribution is 0.168. The van der Waals surface area contributed by atoms with Gasteiger partial charge in [0.05, 0.1) is 17.7 Å². The van der Waals surface area contributed by atoms with Crippen LogP contribution in [-0.4, -0.2) is 31.6 Å². The zero-order chi connectivity index (χ0) is 24.0. The minimum absolute atomic E-state index is 0.0142. The smallest absolute Gasteiger partial charge is 0.164 e. The number of aliphatic hydroxyl groups excluding tert-OH is 1. The van der Waals surface area contributed by atoms with Gasteiger partial charge in [-0.1, -0.05) is 18.7 Å². The van der Waals surface area contributed by atoms with Gasteiger partial charge in [0.15, 0.2) is 22.6 Å². The number of anilines is 2. The lowest BCUT2D eigenvalue weighted by Crippen LogP contribution is -2.50. The third kappa shape index (κ3) is 3.87. The quantitative estimate of drug-likeness (QED) is 0.525. The third-order valence-corrected chi connectivity index (χ3v) is 7.57.